The van der Waals surface area contributed by atoms with Crippen LogP contribution in [-0.4, -0.2) is 37.3 Å². The molecule has 0 saturated heterocycles. The van der Waals surface area contributed by atoms with Gasteiger partial charge in [-0.3, -0.25) is 4.68 Å². The molecule has 1 aromatic heterocycles. The highest BCUT2D eigenvalue weighted by Crippen LogP contribution is 2.12. The first-order valence-electron chi connectivity index (χ1n) is 4.27. The molecule has 5 nitrogen and oxygen atoms in total. The summed E-state index contributed by atoms with van der Waals surface area (Å²) in [7, 11) is 0.551. The van der Waals surface area contributed by atoms with Crippen LogP contribution in [0.5, 0.6) is 0 Å². The molecule has 0 fully saturated rings. The predicted octanol–water partition coefficient (Wildman–Crippen LogP) is -0.275. The van der Waals surface area contributed by atoms with Gasteiger partial charge in [0.2, 0.25) is 0 Å². The minimum Gasteiger partial charge on any atom is -0.311 e. The van der Waals surface area contributed by atoms with Crippen LogP contribution in [0, 0.1) is 0 Å². The Labute approximate surface area is 84.0 Å². The summed E-state index contributed by atoms with van der Waals surface area (Å²) in [4.78, 5) is 0. The van der Waals surface area contributed by atoms with Gasteiger partial charge in [-0.25, -0.2) is 8.42 Å². The molecule has 0 aliphatic carbocycles. The Morgan fingerprint density at radius 3 is 2.64 bits per heavy atom. The molecule has 0 aliphatic heterocycles. The lowest BCUT2D eigenvalue weighted by atomic mass is 10.2. The first kappa shape index (κ1) is 11.2. The Balaban J connectivity index is 2.89. The molecular formula is C8H15N3O2S. The van der Waals surface area contributed by atoms with E-state index in [1.54, 1.807) is 25.0 Å². The van der Waals surface area contributed by atoms with E-state index in [-0.39, 0.29) is 11.8 Å². The normalized spacial score (nSPS) is 14.2. The Morgan fingerprint density at radius 1 is 1.64 bits per heavy atom. The van der Waals surface area contributed by atoms with Gasteiger partial charge in [-0.2, -0.15) is 5.10 Å². The third-order valence-electron chi connectivity index (χ3n) is 2.03. The van der Waals surface area contributed by atoms with Crippen LogP contribution in [0.15, 0.2) is 12.3 Å². The summed E-state index contributed by atoms with van der Waals surface area (Å²) in [5, 5.41) is 6.96. The van der Waals surface area contributed by atoms with E-state index in [1.807, 2.05) is 6.07 Å². The van der Waals surface area contributed by atoms with E-state index in [4.69, 9.17) is 0 Å². The van der Waals surface area contributed by atoms with E-state index < -0.39 is 9.84 Å². The second-order valence-electron chi connectivity index (χ2n) is 3.31. The van der Waals surface area contributed by atoms with Crippen LogP contribution in [0.25, 0.3) is 0 Å². The first-order valence-corrected chi connectivity index (χ1v) is 6.33. The smallest absolute Gasteiger partial charge is 0.149 e. The summed E-state index contributed by atoms with van der Waals surface area (Å²) in [5.74, 6) is 0.0863. The third kappa shape index (κ3) is 2.81. The van der Waals surface area contributed by atoms with Gasteiger partial charge < -0.3 is 5.32 Å². The van der Waals surface area contributed by atoms with Gasteiger partial charge in [0.1, 0.15) is 9.84 Å². The maximum atomic E-state index is 11.1. The van der Waals surface area contributed by atoms with Gasteiger partial charge in [-0.15, -0.1) is 0 Å². The zero-order chi connectivity index (χ0) is 10.8. The molecule has 1 aromatic rings. The molecular weight excluding hydrogens is 202 g/mol. The van der Waals surface area contributed by atoms with E-state index in [0.717, 1.165) is 5.69 Å². The lowest BCUT2D eigenvalue weighted by molar-refractivity contribution is 0.555. The van der Waals surface area contributed by atoms with E-state index in [0.29, 0.717) is 0 Å². The van der Waals surface area contributed by atoms with Crippen molar-refractivity contribution in [2.45, 2.75) is 6.04 Å². The van der Waals surface area contributed by atoms with Crippen LogP contribution < -0.4 is 5.32 Å². The summed E-state index contributed by atoms with van der Waals surface area (Å²) < 4.78 is 23.9. The van der Waals surface area contributed by atoms with Crippen LogP contribution in [0.1, 0.15) is 11.7 Å². The van der Waals surface area contributed by atoms with Crippen LogP contribution in [0.4, 0.5) is 0 Å². The Kier molecular flexibility index (Phi) is 3.28. The Bertz CT molecular complexity index is 396. The van der Waals surface area contributed by atoms with Crippen molar-refractivity contribution in [3.63, 3.8) is 0 Å². The van der Waals surface area contributed by atoms with E-state index in [2.05, 4.69) is 10.4 Å². The molecule has 6 heteroatoms. The van der Waals surface area contributed by atoms with Gasteiger partial charge in [0.25, 0.3) is 0 Å². The highest BCUT2D eigenvalue weighted by molar-refractivity contribution is 7.90. The topological polar surface area (TPSA) is 64.0 Å². The molecule has 80 valence electrons. The minimum atomic E-state index is -2.98. The fourth-order valence-electron chi connectivity index (χ4n) is 1.35. The fraction of sp³-hybridized carbons (Fsp3) is 0.625. The summed E-state index contributed by atoms with van der Waals surface area (Å²) in [5.41, 5.74) is 0.873. The van der Waals surface area contributed by atoms with Crippen LogP contribution in [-0.2, 0) is 16.9 Å². The molecule has 14 heavy (non-hydrogen) atoms. The molecule has 0 spiro atoms. The van der Waals surface area contributed by atoms with Crippen LogP contribution >= 0.6 is 0 Å². The lowest BCUT2D eigenvalue weighted by Gasteiger charge is -2.14. The average Bonchev–Trinajstić information content (AvgIpc) is 2.45. The van der Waals surface area contributed by atoms with Crippen molar-refractivity contribution >= 4 is 9.84 Å². The van der Waals surface area contributed by atoms with Crippen molar-refractivity contribution in [3.8, 4) is 0 Å². The monoisotopic (exact) mass is 217 g/mol. The van der Waals surface area contributed by atoms with E-state index in [9.17, 15) is 8.42 Å². The molecule has 1 heterocycles. The first-order chi connectivity index (χ1) is 6.44. The predicted molar refractivity (Wildman–Crippen MR) is 54.7 cm³/mol. The SMILES string of the molecule is CNC(CS(C)(=O)=O)c1ccnn1C. The lowest BCUT2D eigenvalue weighted by Crippen LogP contribution is -2.26. The van der Waals surface area contributed by atoms with Crippen molar-refractivity contribution in [2.75, 3.05) is 19.1 Å². The van der Waals surface area contributed by atoms with E-state index in [1.165, 1.54) is 6.26 Å². The van der Waals surface area contributed by atoms with Crippen LogP contribution in [0.2, 0.25) is 0 Å². The van der Waals surface area contributed by atoms with Crippen molar-refractivity contribution in [3.05, 3.63) is 18.0 Å². The summed E-state index contributed by atoms with van der Waals surface area (Å²) in [6.45, 7) is 0. The number of rotatable bonds is 4. The van der Waals surface area contributed by atoms with E-state index >= 15 is 0 Å². The van der Waals surface area contributed by atoms with Crippen molar-refractivity contribution in [2.24, 2.45) is 7.05 Å². The summed E-state index contributed by atoms with van der Waals surface area (Å²) in [6.07, 6.45) is 2.88. The number of nitrogens with one attached hydrogen (secondary N) is 1. The maximum Gasteiger partial charge on any atom is 0.149 e. The number of aryl methyl sites for hydroxylation is 1. The van der Waals surface area contributed by atoms with Gasteiger partial charge in [0, 0.05) is 19.5 Å². The van der Waals surface area contributed by atoms with Gasteiger partial charge in [0.15, 0.2) is 0 Å². The molecule has 1 atom stereocenters. The molecule has 0 radical (unpaired) electrons. The zero-order valence-electron chi connectivity index (χ0n) is 8.56. The highest BCUT2D eigenvalue weighted by atomic mass is 32.2. The van der Waals surface area contributed by atoms with Gasteiger partial charge in [-0.05, 0) is 13.1 Å². The van der Waals surface area contributed by atoms with Crippen LogP contribution in [0.3, 0.4) is 0 Å². The summed E-state index contributed by atoms with van der Waals surface area (Å²) in [6, 6.07) is 1.62. The zero-order valence-corrected chi connectivity index (χ0v) is 9.37. The standard InChI is InChI=1S/C8H15N3O2S/c1-9-7(6-14(3,12)13)8-4-5-10-11(8)2/h4-5,7,9H,6H2,1-3H3. The molecule has 0 bridgehead atoms. The number of hydrogen-bond donors (Lipinski definition) is 1. The quantitative estimate of drug-likeness (QED) is 0.753. The number of hydrogen-bond acceptors (Lipinski definition) is 4. The van der Waals surface area contributed by atoms with Crippen molar-refractivity contribution < 1.29 is 8.42 Å². The molecule has 0 aliphatic rings. The average molecular weight is 217 g/mol. The fourth-order valence-corrected chi connectivity index (χ4v) is 2.29. The molecule has 0 amide bonds. The maximum absolute atomic E-state index is 11.1. The molecule has 1 rings (SSSR count). The number of sulfone groups is 1. The Morgan fingerprint density at radius 2 is 2.29 bits per heavy atom. The molecule has 1 unspecified atom stereocenters. The second kappa shape index (κ2) is 4.10. The molecule has 0 saturated carbocycles. The Hall–Kier alpha value is -0.880. The number of nitrogens with zero attached hydrogens (tertiary/aromatic N) is 2. The highest BCUT2D eigenvalue weighted by Gasteiger charge is 2.17. The number of aromatic nitrogens is 2. The van der Waals surface area contributed by atoms with Gasteiger partial charge in [-0.1, -0.05) is 0 Å². The van der Waals surface area contributed by atoms with Crippen molar-refractivity contribution in [1.82, 2.24) is 15.1 Å². The minimum absolute atomic E-state index is 0.0863. The van der Waals surface area contributed by atoms with Gasteiger partial charge >= 0.3 is 0 Å². The second-order valence-corrected chi connectivity index (χ2v) is 5.50. The van der Waals surface area contributed by atoms with Crippen molar-refractivity contribution in [1.29, 1.82) is 0 Å². The summed E-state index contributed by atoms with van der Waals surface area (Å²) >= 11 is 0. The largest absolute Gasteiger partial charge is 0.311 e. The third-order valence-corrected chi connectivity index (χ3v) is 2.97. The van der Waals surface area contributed by atoms with Gasteiger partial charge in [0.05, 0.1) is 17.5 Å². The molecule has 1 N–H and O–H groups in total. The molecule has 0 aromatic carbocycles.